The van der Waals surface area contributed by atoms with E-state index in [1.54, 1.807) is 6.33 Å². The van der Waals surface area contributed by atoms with Crippen LogP contribution < -0.4 is 0 Å². The zero-order chi connectivity index (χ0) is 16.8. The first kappa shape index (κ1) is 14.9. The van der Waals surface area contributed by atoms with Crippen LogP contribution in [0, 0.1) is 0 Å². The van der Waals surface area contributed by atoms with Crippen molar-refractivity contribution in [2.24, 2.45) is 7.05 Å². The molecule has 1 aliphatic heterocycles. The topological polar surface area (TPSA) is 77.0 Å². The number of hydrogen-bond acceptors (Lipinski definition) is 6. The molecule has 0 radical (unpaired) electrons. The summed E-state index contributed by atoms with van der Waals surface area (Å²) in [6.07, 6.45) is 6.43. The molecule has 3 aromatic rings. The molecular formula is C17H22N8. The quantitative estimate of drug-likeness (QED) is 0.718. The molecule has 1 saturated heterocycles. The molecule has 1 aliphatic carbocycles. The minimum atomic E-state index is 0.424. The van der Waals surface area contributed by atoms with Gasteiger partial charge in [0.05, 0.1) is 12.2 Å². The number of rotatable bonds is 4. The third kappa shape index (κ3) is 2.80. The van der Waals surface area contributed by atoms with Crippen LogP contribution in [0.4, 0.5) is 0 Å². The van der Waals surface area contributed by atoms with Crippen LogP contribution in [0.5, 0.6) is 0 Å². The fraction of sp³-hybridized carbons (Fsp3) is 0.588. The van der Waals surface area contributed by atoms with Crippen molar-refractivity contribution in [2.75, 3.05) is 13.1 Å². The first-order valence-corrected chi connectivity index (χ1v) is 9.05. The smallest absolute Gasteiger partial charge is 0.177 e. The second kappa shape index (κ2) is 5.87. The molecule has 8 nitrogen and oxygen atoms in total. The Bertz CT molecular complexity index is 885. The molecule has 0 spiro atoms. The molecule has 0 amide bonds. The molecule has 8 heteroatoms. The highest BCUT2D eigenvalue weighted by Gasteiger charge is 2.28. The number of fused-ring (bicyclic) bond motifs is 1. The Morgan fingerprint density at radius 1 is 1.00 bits per heavy atom. The van der Waals surface area contributed by atoms with Crippen LogP contribution >= 0.6 is 0 Å². The predicted octanol–water partition coefficient (Wildman–Crippen LogP) is 1.51. The molecule has 0 unspecified atom stereocenters. The van der Waals surface area contributed by atoms with E-state index in [4.69, 9.17) is 5.10 Å². The number of hydrogen-bond donors (Lipinski definition) is 0. The van der Waals surface area contributed by atoms with Crippen LogP contribution in [0.1, 0.15) is 54.9 Å². The van der Waals surface area contributed by atoms with E-state index < -0.39 is 0 Å². The molecule has 0 atom stereocenters. The van der Waals surface area contributed by atoms with Crippen molar-refractivity contribution in [3.05, 3.63) is 35.8 Å². The Labute approximate surface area is 145 Å². The van der Waals surface area contributed by atoms with Gasteiger partial charge in [-0.2, -0.15) is 9.61 Å². The average molecular weight is 338 g/mol. The third-order valence-corrected chi connectivity index (χ3v) is 5.43. The fourth-order valence-electron chi connectivity index (χ4n) is 3.67. The zero-order valence-electron chi connectivity index (χ0n) is 14.4. The minimum absolute atomic E-state index is 0.424. The van der Waals surface area contributed by atoms with Gasteiger partial charge in [0.1, 0.15) is 12.2 Å². The fourth-order valence-corrected chi connectivity index (χ4v) is 3.67. The van der Waals surface area contributed by atoms with Crippen LogP contribution in [-0.4, -0.2) is 52.6 Å². The molecular weight excluding hydrogens is 316 g/mol. The molecule has 2 fully saturated rings. The first-order chi connectivity index (χ1) is 12.3. The van der Waals surface area contributed by atoms with E-state index in [1.165, 1.54) is 18.5 Å². The molecule has 0 aromatic carbocycles. The predicted molar refractivity (Wildman–Crippen MR) is 91.0 cm³/mol. The van der Waals surface area contributed by atoms with Crippen LogP contribution in [0.15, 0.2) is 18.5 Å². The van der Waals surface area contributed by atoms with E-state index >= 15 is 0 Å². The Morgan fingerprint density at radius 2 is 1.84 bits per heavy atom. The van der Waals surface area contributed by atoms with Gasteiger partial charge in [-0.15, -0.1) is 20.4 Å². The van der Waals surface area contributed by atoms with Crippen molar-refractivity contribution in [1.82, 2.24) is 39.5 Å². The van der Waals surface area contributed by atoms with Gasteiger partial charge < -0.3 is 4.57 Å². The molecule has 0 N–H and O–H groups in total. The van der Waals surface area contributed by atoms with Crippen molar-refractivity contribution < 1.29 is 0 Å². The van der Waals surface area contributed by atoms with E-state index in [0.29, 0.717) is 11.8 Å². The Hall–Kier alpha value is -2.35. The van der Waals surface area contributed by atoms with Crippen molar-refractivity contribution >= 4 is 5.65 Å². The van der Waals surface area contributed by atoms with E-state index in [-0.39, 0.29) is 0 Å². The maximum atomic E-state index is 4.82. The third-order valence-electron chi connectivity index (χ3n) is 5.43. The van der Waals surface area contributed by atoms with Crippen molar-refractivity contribution in [2.45, 2.75) is 44.1 Å². The van der Waals surface area contributed by atoms with Crippen molar-refractivity contribution in [3.8, 4) is 0 Å². The van der Waals surface area contributed by atoms with Crippen LogP contribution in [0.25, 0.3) is 5.65 Å². The maximum absolute atomic E-state index is 4.82. The van der Waals surface area contributed by atoms with Gasteiger partial charge in [0.25, 0.3) is 0 Å². The average Bonchev–Trinajstić information content (AvgIpc) is 3.29. The highest BCUT2D eigenvalue weighted by molar-refractivity contribution is 5.38. The van der Waals surface area contributed by atoms with E-state index in [0.717, 1.165) is 49.8 Å². The van der Waals surface area contributed by atoms with Gasteiger partial charge in [0, 0.05) is 18.9 Å². The van der Waals surface area contributed by atoms with E-state index in [9.17, 15) is 0 Å². The standard InChI is InChI=1S/C17H22N8/c1-23-11-18-19-16(23)10-24-8-6-13(7-9-24)17-21-20-15-5-4-14(12-2-3-12)22-25(15)17/h4-5,11-13H,2-3,6-10H2,1H3. The van der Waals surface area contributed by atoms with E-state index in [1.807, 2.05) is 16.1 Å². The van der Waals surface area contributed by atoms with E-state index in [2.05, 4.69) is 37.4 Å². The highest BCUT2D eigenvalue weighted by atomic mass is 15.4. The summed E-state index contributed by atoms with van der Waals surface area (Å²) in [5.41, 5.74) is 2.05. The minimum Gasteiger partial charge on any atom is -0.320 e. The summed E-state index contributed by atoms with van der Waals surface area (Å²) >= 11 is 0. The molecule has 2 aliphatic rings. The lowest BCUT2D eigenvalue weighted by atomic mass is 9.96. The van der Waals surface area contributed by atoms with Gasteiger partial charge in [-0.05, 0) is 50.9 Å². The van der Waals surface area contributed by atoms with Gasteiger partial charge >= 0.3 is 0 Å². The monoisotopic (exact) mass is 338 g/mol. The molecule has 3 aromatic heterocycles. The van der Waals surface area contributed by atoms with Gasteiger partial charge in [-0.25, -0.2) is 0 Å². The summed E-state index contributed by atoms with van der Waals surface area (Å²) in [6.45, 7) is 2.93. The van der Waals surface area contributed by atoms with Gasteiger partial charge in [-0.3, -0.25) is 4.90 Å². The van der Waals surface area contributed by atoms with Gasteiger partial charge in [0.15, 0.2) is 11.5 Å². The lowest BCUT2D eigenvalue weighted by molar-refractivity contribution is 0.195. The van der Waals surface area contributed by atoms with Crippen LogP contribution in [0.3, 0.4) is 0 Å². The number of nitrogens with zero attached hydrogens (tertiary/aromatic N) is 8. The van der Waals surface area contributed by atoms with Crippen LogP contribution in [0.2, 0.25) is 0 Å². The van der Waals surface area contributed by atoms with Gasteiger partial charge in [-0.1, -0.05) is 0 Å². The molecule has 130 valence electrons. The number of aromatic nitrogens is 7. The highest BCUT2D eigenvalue weighted by Crippen LogP contribution is 2.39. The van der Waals surface area contributed by atoms with Crippen molar-refractivity contribution in [1.29, 1.82) is 0 Å². The second-order valence-electron chi connectivity index (χ2n) is 7.27. The lowest BCUT2D eigenvalue weighted by Crippen LogP contribution is -2.33. The lowest BCUT2D eigenvalue weighted by Gasteiger charge is -2.30. The normalized spacial score (nSPS) is 19.7. The summed E-state index contributed by atoms with van der Waals surface area (Å²) in [4.78, 5) is 2.44. The molecule has 4 heterocycles. The van der Waals surface area contributed by atoms with Crippen LogP contribution in [-0.2, 0) is 13.6 Å². The molecule has 5 rings (SSSR count). The number of aryl methyl sites for hydroxylation is 1. The number of piperidine rings is 1. The summed E-state index contributed by atoms with van der Waals surface area (Å²) in [7, 11) is 1.99. The molecule has 0 bridgehead atoms. The largest absolute Gasteiger partial charge is 0.320 e. The zero-order valence-corrected chi connectivity index (χ0v) is 14.4. The SMILES string of the molecule is Cn1cnnc1CN1CCC(c2nnc3ccc(C4CC4)nn23)CC1. The first-order valence-electron chi connectivity index (χ1n) is 9.05. The molecule has 25 heavy (non-hydrogen) atoms. The maximum Gasteiger partial charge on any atom is 0.177 e. The summed E-state index contributed by atoms with van der Waals surface area (Å²) in [5, 5.41) is 21.7. The summed E-state index contributed by atoms with van der Waals surface area (Å²) < 4.78 is 3.97. The Balaban J connectivity index is 1.31. The van der Waals surface area contributed by atoms with Crippen molar-refractivity contribution in [3.63, 3.8) is 0 Å². The Kier molecular flexibility index (Phi) is 3.51. The summed E-state index contributed by atoms with van der Waals surface area (Å²) in [6, 6.07) is 4.16. The second-order valence-corrected chi connectivity index (χ2v) is 7.27. The Morgan fingerprint density at radius 3 is 2.56 bits per heavy atom. The molecule has 1 saturated carbocycles. The summed E-state index contributed by atoms with van der Waals surface area (Å²) in [5.74, 6) is 3.11. The van der Waals surface area contributed by atoms with Gasteiger partial charge in [0.2, 0.25) is 0 Å². The number of likely N-dealkylation sites (tertiary alicyclic amines) is 1.